The van der Waals surface area contributed by atoms with Gasteiger partial charge in [-0.15, -0.1) is 0 Å². The summed E-state index contributed by atoms with van der Waals surface area (Å²) in [4.78, 5) is 25.1. The Labute approximate surface area is 200 Å². The molecule has 0 aromatic carbocycles. The molecular weight excluding hydrogens is 457 g/mol. The molecule has 0 aromatic rings. The van der Waals surface area contributed by atoms with Crippen molar-refractivity contribution in [3.63, 3.8) is 0 Å². The Bertz CT molecular complexity index is 508. The van der Waals surface area contributed by atoms with E-state index in [0.29, 0.717) is 24.9 Å². The lowest BCUT2D eigenvalue weighted by molar-refractivity contribution is -0.137. The van der Waals surface area contributed by atoms with Crippen LogP contribution in [-0.4, -0.2) is 37.6 Å². The first-order valence-corrected chi connectivity index (χ1v) is 19.7. The molecule has 0 rings (SSSR count). The van der Waals surface area contributed by atoms with Crippen LogP contribution in [0.3, 0.4) is 0 Å². The highest BCUT2D eigenvalue weighted by Crippen LogP contribution is 2.36. The van der Waals surface area contributed by atoms with E-state index >= 15 is 0 Å². The van der Waals surface area contributed by atoms with Crippen molar-refractivity contribution in [2.45, 2.75) is 137 Å². The lowest BCUT2D eigenvalue weighted by Gasteiger charge is -2.44. The summed E-state index contributed by atoms with van der Waals surface area (Å²) in [5.74, 6) is -0.321. The van der Waals surface area contributed by atoms with Crippen molar-refractivity contribution in [1.82, 2.24) is 0 Å². The van der Waals surface area contributed by atoms with Crippen molar-refractivity contribution < 1.29 is 26.7 Å². The van der Waals surface area contributed by atoms with Crippen molar-refractivity contribution in [3.05, 3.63) is 0 Å². The number of carbonyl (C=O) groups excluding carboxylic acids is 2. The van der Waals surface area contributed by atoms with Crippen LogP contribution >= 0.6 is 0 Å². The fourth-order valence-corrected chi connectivity index (χ4v) is 19.2. The van der Waals surface area contributed by atoms with Gasteiger partial charge in [0.1, 0.15) is 0 Å². The van der Waals surface area contributed by atoms with Gasteiger partial charge in [0.25, 0.3) is 11.9 Å². The molecule has 190 valence electrons. The van der Waals surface area contributed by atoms with E-state index < -0.39 is 25.7 Å². The molecule has 9 heteroatoms. The minimum absolute atomic E-state index is 0.160. The van der Waals surface area contributed by atoms with Crippen molar-refractivity contribution >= 4 is 37.6 Å². The van der Waals surface area contributed by atoms with Crippen LogP contribution in [0.1, 0.15) is 100 Å². The molecule has 32 heavy (non-hydrogen) atoms. The summed E-state index contributed by atoms with van der Waals surface area (Å²) in [6, 6.07) is 4.53. The summed E-state index contributed by atoms with van der Waals surface area (Å²) in [6.45, 7) is 16.6. The highest BCUT2D eigenvalue weighted by atomic mass is 28.5. The zero-order valence-electron chi connectivity index (χ0n) is 22.1. The Hall–Kier alpha value is -0.489. The SMILES string of the molecule is CCCC(=O)O[Si](CC)(CCC)O[Si](CC)(CCC)O[Si](CC)(CCC)OC(=O)CCC. The third-order valence-electron chi connectivity index (χ3n) is 5.76. The minimum atomic E-state index is -2.79. The maximum Gasteiger partial charge on any atom is 0.392 e. The van der Waals surface area contributed by atoms with Gasteiger partial charge >= 0.3 is 25.7 Å². The first kappa shape index (κ1) is 31.5. The number of hydrogen-bond acceptors (Lipinski definition) is 6. The maximum absolute atomic E-state index is 12.5. The van der Waals surface area contributed by atoms with Crippen molar-refractivity contribution in [1.29, 1.82) is 0 Å². The summed E-state index contributed by atoms with van der Waals surface area (Å²) < 4.78 is 26.3. The molecule has 0 spiro atoms. The average Bonchev–Trinajstić information content (AvgIpc) is 2.74. The van der Waals surface area contributed by atoms with Crippen LogP contribution in [0, 0.1) is 0 Å². The molecule has 0 heterocycles. The van der Waals surface area contributed by atoms with E-state index in [9.17, 15) is 9.59 Å². The van der Waals surface area contributed by atoms with E-state index in [0.717, 1.165) is 56.3 Å². The molecule has 0 saturated carbocycles. The van der Waals surface area contributed by atoms with E-state index in [1.165, 1.54) is 0 Å². The normalized spacial score (nSPS) is 17.1. The molecule has 2 atom stereocenters. The summed E-state index contributed by atoms with van der Waals surface area (Å²) in [6.07, 6.45) is 5.07. The van der Waals surface area contributed by atoms with Gasteiger partial charge in [-0.25, -0.2) is 0 Å². The third kappa shape index (κ3) is 10.2. The summed E-state index contributed by atoms with van der Waals surface area (Å²) in [7, 11) is -8.34. The summed E-state index contributed by atoms with van der Waals surface area (Å²) in [5.41, 5.74) is 0. The van der Waals surface area contributed by atoms with Crippen LogP contribution in [0.25, 0.3) is 0 Å². The molecule has 0 aliphatic carbocycles. The molecule has 0 saturated heterocycles. The Morgan fingerprint density at radius 2 is 0.812 bits per heavy atom. The van der Waals surface area contributed by atoms with Gasteiger partial charge in [-0.2, -0.15) is 0 Å². The second-order valence-electron chi connectivity index (χ2n) is 8.69. The minimum Gasteiger partial charge on any atom is -0.495 e. The molecular formula is C23H50O6Si3. The number of carbonyl (C=O) groups is 2. The van der Waals surface area contributed by atoms with Crippen molar-refractivity contribution in [3.8, 4) is 0 Å². The van der Waals surface area contributed by atoms with E-state index in [4.69, 9.17) is 17.1 Å². The molecule has 0 aromatic heterocycles. The van der Waals surface area contributed by atoms with Gasteiger partial charge in [-0.3, -0.25) is 9.59 Å². The molecule has 2 unspecified atom stereocenters. The Morgan fingerprint density at radius 1 is 0.500 bits per heavy atom. The Balaban J connectivity index is 6.19. The fraction of sp³-hybridized carbons (Fsp3) is 0.913. The van der Waals surface area contributed by atoms with Crippen molar-refractivity contribution in [2.75, 3.05) is 0 Å². The predicted octanol–water partition coefficient (Wildman–Crippen LogP) is 7.32. The Kier molecular flexibility index (Phi) is 15.9. The quantitative estimate of drug-likeness (QED) is 0.171. The predicted molar refractivity (Wildman–Crippen MR) is 138 cm³/mol. The number of hydrogen-bond donors (Lipinski definition) is 0. The van der Waals surface area contributed by atoms with Gasteiger partial charge in [0.2, 0.25) is 0 Å². The molecule has 0 fully saturated rings. The van der Waals surface area contributed by atoms with Crippen LogP contribution in [0.5, 0.6) is 0 Å². The molecule has 0 N–H and O–H groups in total. The molecule has 0 aliphatic heterocycles. The smallest absolute Gasteiger partial charge is 0.392 e. The Morgan fingerprint density at radius 3 is 1.06 bits per heavy atom. The van der Waals surface area contributed by atoms with Crippen LogP contribution in [0.2, 0.25) is 36.3 Å². The molecule has 0 aliphatic rings. The van der Waals surface area contributed by atoms with Crippen LogP contribution in [0.15, 0.2) is 0 Å². The molecule has 0 bridgehead atoms. The maximum atomic E-state index is 12.5. The molecule has 6 nitrogen and oxygen atoms in total. The zero-order valence-corrected chi connectivity index (χ0v) is 25.1. The topological polar surface area (TPSA) is 71.1 Å². The van der Waals surface area contributed by atoms with E-state index in [1.807, 2.05) is 13.8 Å². The lowest BCUT2D eigenvalue weighted by Crippen LogP contribution is -2.61. The third-order valence-corrected chi connectivity index (χ3v) is 19.9. The summed E-state index contributed by atoms with van der Waals surface area (Å²) in [5, 5.41) is 0. The van der Waals surface area contributed by atoms with Crippen LogP contribution < -0.4 is 0 Å². The highest BCUT2D eigenvalue weighted by molar-refractivity contribution is 6.87. The first-order valence-electron chi connectivity index (χ1n) is 13.0. The van der Waals surface area contributed by atoms with E-state index in [2.05, 4.69) is 41.5 Å². The molecule has 0 amide bonds. The second-order valence-corrected chi connectivity index (χ2v) is 19.8. The van der Waals surface area contributed by atoms with Crippen LogP contribution in [0.4, 0.5) is 0 Å². The van der Waals surface area contributed by atoms with Gasteiger partial charge in [-0.05, 0) is 37.0 Å². The first-order chi connectivity index (χ1) is 15.2. The van der Waals surface area contributed by atoms with Gasteiger partial charge in [0, 0.05) is 24.9 Å². The largest absolute Gasteiger partial charge is 0.495 e. The van der Waals surface area contributed by atoms with Gasteiger partial charge in [0.05, 0.1) is 0 Å². The van der Waals surface area contributed by atoms with Gasteiger partial charge < -0.3 is 17.1 Å². The highest BCUT2D eigenvalue weighted by Gasteiger charge is 2.54. The zero-order chi connectivity index (χ0) is 24.7. The fourth-order valence-electron chi connectivity index (χ4n) is 4.08. The van der Waals surface area contributed by atoms with Crippen molar-refractivity contribution in [2.24, 2.45) is 0 Å². The lowest BCUT2D eigenvalue weighted by atomic mass is 10.4. The average molecular weight is 507 g/mol. The summed E-state index contributed by atoms with van der Waals surface area (Å²) >= 11 is 0. The van der Waals surface area contributed by atoms with E-state index in [1.54, 1.807) is 0 Å². The monoisotopic (exact) mass is 506 g/mol. The molecule has 0 radical (unpaired) electrons. The number of rotatable bonds is 19. The van der Waals surface area contributed by atoms with Gasteiger partial charge in [0.15, 0.2) is 0 Å². The van der Waals surface area contributed by atoms with E-state index in [-0.39, 0.29) is 11.9 Å². The standard InChI is InChI=1S/C23H50O6Si3/c1-9-17-22(24)26-30(14-6,19-11-3)28-32(16-8,21-13-5)29-31(15-7,20-12-4)27-23(25)18-10-2/h9-21H2,1-8H3. The second kappa shape index (κ2) is 16.2. The van der Waals surface area contributed by atoms with Crippen LogP contribution in [-0.2, 0) is 26.7 Å². The van der Waals surface area contributed by atoms with Gasteiger partial charge in [-0.1, -0.05) is 74.7 Å².